The quantitative estimate of drug-likeness (QED) is 0.765. The fourth-order valence-electron chi connectivity index (χ4n) is 1.83. The Hall–Kier alpha value is -1.35. The maximum Gasteiger partial charge on any atom is 0.0957 e. The highest BCUT2D eigenvalue weighted by molar-refractivity contribution is 7.98. The zero-order valence-corrected chi connectivity index (χ0v) is 11.0. The van der Waals surface area contributed by atoms with E-state index in [1.165, 1.54) is 11.1 Å². The molecule has 0 bridgehead atoms. The molecule has 0 radical (unpaired) electrons. The van der Waals surface area contributed by atoms with E-state index in [1.807, 2.05) is 24.8 Å². The number of aromatic nitrogens is 2. The Balaban J connectivity index is 2.37. The third kappa shape index (κ3) is 2.86. The number of hydrogen-bond donors (Lipinski definition) is 0. The molecule has 0 amide bonds. The highest BCUT2D eigenvalue weighted by atomic mass is 32.2. The zero-order valence-electron chi connectivity index (χ0n) is 10.2. The topological polar surface area (TPSA) is 25.8 Å². The van der Waals surface area contributed by atoms with Crippen LogP contribution in [-0.2, 0) is 6.42 Å². The number of hydrogen-bond acceptors (Lipinski definition) is 3. The van der Waals surface area contributed by atoms with Gasteiger partial charge in [-0.1, -0.05) is 19.4 Å². The highest BCUT2D eigenvalue weighted by Gasteiger charge is 2.04. The van der Waals surface area contributed by atoms with Crippen molar-refractivity contribution in [3.05, 3.63) is 42.4 Å². The number of thioether (sulfide) groups is 1. The molecule has 2 aromatic heterocycles. The Kier molecular flexibility index (Phi) is 4.15. The first-order chi connectivity index (χ1) is 8.35. The summed E-state index contributed by atoms with van der Waals surface area (Å²) < 4.78 is 0. The molecule has 0 atom stereocenters. The summed E-state index contributed by atoms with van der Waals surface area (Å²) in [7, 11) is 0. The van der Waals surface area contributed by atoms with E-state index in [9.17, 15) is 0 Å². The lowest BCUT2D eigenvalue weighted by molar-refractivity contribution is 0.919. The predicted molar refractivity (Wildman–Crippen MR) is 73.2 cm³/mol. The maximum atomic E-state index is 4.41. The van der Waals surface area contributed by atoms with Crippen molar-refractivity contribution in [3.8, 4) is 11.1 Å². The Labute approximate surface area is 107 Å². The Morgan fingerprint density at radius 2 is 2.06 bits per heavy atom. The Bertz CT molecular complexity index is 480. The minimum absolute atomic E-state index is 1.05. The van der Waals surface area contributed by atoms with Crippen molar-refractivity contribution in [2.75, 3.05) is 6.26 Å². The van der Waals surface area contributed by atoms with Gasteiger partial charge in [0.1, 0.15) is 0 Å². The summed E-state index contributed by atoms with van der Waals surface area (Å²) in [5, 5.41) is 1.05. The summed E-state index contributed by atoms with van der Waals surface area (Å²) in [6.45, 7) is 2.19. The van der Waals surface area contributed by atoms with Gasteiger partial charge in [-0.05, 0) is 30.4 Å². The molecular formula is C14H16N2S. The van der Waals surface area contributed by atoms with Gasteiger partial charge < -0.3 is 0 Å². The van der Waals surface area contributed by atoms with Gasteiger partial charge in [-0.3, -0.25) is 4.98 Å². The van der Waals surface area contributed by atoms with Crippen LogP contribution in [0.25, 0.3) is 11.1 Å². The zero-order chi connectivity index (χ0) is 12.1. The smallest absolute Gasteiger partial charge is 0.0957 e. The van der Waals surface area contributed by atoms with Crippen LogP contribution in [-0.4, -0.2) is 16.2 Å². The molecule has 2 aromatic rings. The van der Waals surface area contributed by atoms with E-state index in [0.717, 1.165) is 23.4 Å². The van der Waals surface area contributed by atoms with Crippen molar-refractivity contribution in [2.24, 2.45) is 0 Å². The van der Waals surface area contributed by atoms with E-state index in [-0.39, 0.29) is 0 Å². The molecule has 3 heteroatoms. The highest BCUT2D eigenvalue weighted by Crippen LogP contribution is 2.24. The van der Waals surface area contributed by atoms with Gasteiger partial charge in [-0.2, -0.15) is 0 Å². The van der Waals surface area contributed by atoms with Crippen molar-refractivity contribution in [2.45, 2.75) is 24.8 Å². The first-order valence-corrected chi connectivity index (χ1v) is 7.01. The molecule has 0 aliphatic heterocycles. The van der Waals surface area contributed by atoms with E-state index in [0.29, 0.717) is 0 Å². The third-order valence-electron chi connectivity index (χ3n) is 2.69. The molecule has 0 fully saturated rings. The van der Waals surface area contributed by atoms with Gasteiger partial charge >= 0.3 is 0 Å². The summed E-state index contributed by atoms with van der Waals surface area (Å²) >= 11 is 1.66. The summed E-state index contributed by atoms with van der Waals surface area (Å²) in [6, 6.07) is 6.28. The van der Waals surface area contributed by atoms with Gasteiger partial charge in [0.15, 0.2) is 0 Å². The lowest BCUT2D eigenvalue weighted by atomic mass is 10.0. The lowest BCUT2D eigenvalue weighted by Gasteiger charge is -2.08. The number of pyridine rings is 2. The molecule has 0 saturated carbocycles. The number of rotatable bonds is 4. The van der Waals surface area contributed by atoms with Crippen LogP contribution >= 0.6 is 11.8 Å². The summed E-state index contributed by atoms with van der Waals surface area (Å²) in [4.78, 5) is 8.62. The van der Waals surface area contributed by atoms with Gasteiger partial charge in [0.25, 0.3) is 0 Å². The second-order valence-corrected chi connectivity index (χ2v) is 4.70. The fraction of sp³-hybridized carbons (Fsp3) is 0.286. The maximum absolute atomic E-state index is 4.41. The molecule has 0 aliphatic carbocycles. The van der Waals surface area contributed by atoms with Crippen LogP contribution in [0, 0.1) is 0 Å². The van der Waals surface area contributed by atoms with Gasteiger partial charge in [0.05, 0.1) is 5.03 Å². The standard InChI is InChI=1S/C14H16N2S/c1-3-4-11-7-8-15-10-13(11)12-5-6-14(17-2)16-9-12/h5-10H,3-4H2,1-2H3. The van der Waals surface area contributed by atoms with E-state index in [4.69, 9.17) is 0 Å². The van der Waals surface area contributed by atoms with Crippen molar-refractivity contribution in [1.29, 1.82) is 0 Å². The minimum Gasteiger partial charge on any atom is -0.264 e. The van der Waals surface area contributed by atoms with Crippen LogP contribution in [0.15, 0.2) is 41.8 Å². The molecular weight excluding hydrogens is 228 g/mol. The van der Waals surface area contributed by atoms with E-state index in [2.05, 4.69) is 35.1 Å². The largest absolute Gasteiger partial charge is 0.264 e. The first-order valence-electron chi connectivity index (χ1n) is 5.78. The van der Waals surface area contributed by atoms with Gasteiger partial charge in [0.2, 0.25) is 0 Å². The number of nitrogens with zero attached hydrogens (tertiary/aromatic N) is 2. The average Bonchev–Trinajstić information content (AvgIpc) is 2.40. The molecule has 0 unspecified atom stereocenters. The van der Waals surface area contributed by atoms with Crippen molar-refractivity contribution < 1.29 is 0 Å². The van der Waals surface area contributed by atoms with Crippen LogP contribution in [0.1, 0.15) is 18.9 Å². The molecule has 88 valence electrons. The second-order valence-electron chi connectivity index (χ2n) is 3.87. The fourth-order valence-corrected chi connectivity index (χ4v) is 2.19. The molecule has 0 N–H and O–H groups in total. The molecule has 2 heterocycles. The van der Waals surface area contributed by atoms with Crippen LogP contribution in [0.2, 0.25) is 0 Å². The molecule has 17 heavy (non-hydrogen) atoms. The van der Waals surface area contributed by atoms with Crippen LogP contribution in [0.3, 0.4) is 0 Å². The van der Waals surface area contributed by atoms with Crippen LogP contribution in [0.4, 0.5) is 0 Å². The third-order valence-corrected chi connectivity index (χ3v) is 3.35. The van der Waals surface area contributed by atoms with E-state index >= 15 is 0 Å². The second kappa shape index (κ2) is 5.82. The first kappa shape index (κ1) is 12.1. The van der Waals surface area contributed by atoms with E-state index in [1.54, 1.807) is 11.8 Å². The normalized spacial score (nSPS) is 10.5. The lowest BCUT2D eigenvalue weighted by Crippen LogP contribution is -1.91. The SMILES string of the molecule is CCCc1ccncc1-c1ccc(SC)nc1. The molecule has 0 saturated heterocycles. The van der Waals surface area contributed by atoms with Crippen molar-refractivity contribution in [3.63, 3.8) is 0 Å². The molecule has 0 aromatic carbocycles. The van der Waals surface area contributed by atoms with Gasteiger partial charge in [-0.15, -0.1) is 11.8 Å². The van der Waals surface area contributed by atoms with Gasteiger partial charge in [-0.25, -0.2) is 4.98 Å². The Morgan fingerprint density at radius 3 is 2.71 bits per heavy atom. The number of aryl methyl sites for hydroxylation is 1. The minimum atomic E-state index is 1.05. The Morgan fingerprint density at radius 1 is 1.18 bits per heavy atom. The molecule has 0 spiro atoms. The predicted octanol–water partition coefficient (Wildman–Crippen LogP) is 3.82. The van der Waals surface area contributed by atoms with Crippen molar-refractivity contribution in [1.82, 2.24) is 9.97 Å². The van der Waals surface area contributed by atoms with Crippen LogP contribution < -0.4 is 0 Å². The molecule has 2 nitrogen and oxygen atoms in total. The molecule has 0 aliphatic rings. The summed E-state index contributed by atoms with van der Waals surface area (Å²) in [5.74, 6) is 0. The average molecular weight is 244 g/mol. The molecule has 2 rings (SSSR count). The van der Waals surface area contributed by atoms with Gasteiger partial charge in [0, 0.05) is 29.7 Å². The van der Waals surface area contributed by atoms with Crippen LogP contribution in [0.5, 0.6) is 0 Å². The summed E-state index contributed by atoms with van der Waals surface area (Å²) in [6.07, 6.45) is 9.99. The van der Waals surface area contributed by atoms with Crippen molar-refractivity contribution >= 4 is 11.8 Å². The van der Waals surface area contributed by atoms with E-state index < -0.39 is 0 Å². The monoisotopic (exact) mass is 244 g/mol. The summed E-state index contributed by atoms with van der Waals surface area (Å²) in [5.41, 5.74) is 3.70.